The molecule has 1 aliphatic rings. The van der Waals surface area contributed by atoms with Gasteiger partial charge in [-0.05, 0) is 29.0 Å². The molecule has 0 amide bonds. The fraction of sp³-hybridized carbons (Fsp3) is 0.375. The van der Waals surface area contributed by atoms with E-state index < -0.39 is 0 Å². The molecule has 0 radical (unpaired) electrons. The molecule has 1 fully saturated rings. The maximum atomic E-state index is 12.9. The molecular formula is C24H29NO. The van der Waals surface area contributed by atoms with Crippen molar-refractivity contribution in [3.63, 3.8) is 0 Å². The van der Waals surface area contributed by atoms with Crippen LogP contribution in [0.3, 0.4) is 0 Å². The molecule has 0 spiro atoms. The summed E-state index contributed by atoms with van der Waals surface area (Å²) in [5.74, 6) is 0.971. The van der Waals surface area contributed by atoms with Crippen molar-refractivity contribution in [2.24, 2.45) is 5.92 Å². The Labute approximate surface area is 157 Å². The maximum absolute atomic E-state index is 12.9. The molecule has 0 unspecified atom stereocenters. The molecule has 0 bridgehead atoms. The van der Waals surface area contributed by atoms with E-state index in [1.54, 1.807) is 0 Å². The first-order valence-electron chi connectivity index (χ1n) is 9.80. The fourth-order valence-electron chi connectivity index (χ4n) is 3.96. The van der Waals surface area contributed by atoms with Crippen LogP contribution in [0, 0.1) is 5.92 Å². The zero-order chi connectivity index (χ0) is 18.2. The Kier molecular flexibility index (Phi) is 6.65. The van der Waals surface area contributed by atoms with Crippen LogP contribution >= 0.6 is 0 Å². The van der Waals surface area contributed by atoms with Gasteiger partial charge >= 0.3 is 0 Å². The van der Waals surface area contributed by atoms with Crippen LogP contribution in [0.25, 0.3) is 5.57 Å². The Morgan fingerprint density at radius 1 is 1.00 bits per heavy atom. The highest BCUT2D eigenvalue weighted by atomic mass is 16.1. The Morgan fingerprint density at radius 3 is 2.46 bits per heavy atom. The largest absolute Gasteiger partial charge is 0.393 e. The molecule has 0 atom stereocenters. The summed E-state index contributed by atoms with van der Waals surface area (Å²) < 4.78 is 0. The van der Waals surface area contributed by atoms with Gasteiger partial charge in [0.25, 0.3) is 0 Å². The summed E-state index contributed by atoms with van der Waals surface area (Å²) in [6.45, 7) is 0. The zero-order valence-electron chi connectivity index (χ0n) is 15.7. The van der Waals surface area contributed by atoms with Crippen LogP contribution in [0.5, 0.6) is 0 Å². The second kappa shape index (κ2) is 9.38. The number of ketones is 1. The van der Waals surface area contributed by atoms with E-state index in [1.165, 1.54) is 37.7 Å². The molecule has 0 heterocycles. The van der Waals surface area contributed by atoms with Gasteiger partial charge in [-0.25, -0.2) is 0 Å². The van der Waals surface area contributed by atoms with E-state index in [0.29, 0.717) is 6.42 Å². The van der Waals surface area contributed by atoms with E-state index in [0.717, 1.165) is 29.0 Å². The summed E-state index contributed by atoms with van der Waals surface area (Å²) in [5.41, 5.74) is 4.19. The molecule has 1 saturated carbocycles. The van der Waals surface area contributed by atoms with Crippen LogP contribution in [-0.2, 0) is 17.6 Å². The van der Waals surface area contributed by atoms with Gasteiger partial charge in [0.1, 0.15) is 0 Å². The van der Waals surface area contributed by atoms with Crippen molar-refractivity contribution in [3.05, 3.63) is 77.5 Å². The first-order chi connectivity index (χ1) is 12.8. The molecule has 0 aliphatic heterocycles. The van der Waals surface area contributed by atoms with Crippen LogP contribution in [0.2, 0.25) is 0 Å². The van der Waals surface area contributed by atoms with Crippen LogP contribution < -0.4 is 5.32 Å². The van der Waals surface area contributed by atoms with Gasteiger partial charge in [0, 0.05) is 25.2 Å². The molecule has 1 aliphatic carbocycles. The third kappa shape index (κ3) is 5.08. The van der Waals surface area contributed by atoms with Crippen molar-refractivity contribution >= 4 is 11.4 Å². The minimum atomic E-state index is 0.153. The summed E-state index contributed by atoms with van der Waals surface area (Å²) in [7, 11) is 1.83. The smallest absolute Gasteiger partial charge is 0.169 e. The average Bonchev–Trinajstić information content (AvgIpc) is 2.68. The second-order valence-electron chi connectivity index (χ2n) is 7.34. The van der Waals surface area contributed by atoms with Crippen molar-refractivity contribution in [3.8, 4) is 0 Å². The Hall–Kier alpha value is -2.35. The highest BCUT2D eigenvalue weighted by Crippen LogP contribution is 2.27. The van der Waals surface area contributed by atoms with Gasteiger partial charge in [0.2, 0.25) is 0 Å². The highest BCUT2D eigenvalue weighted by molar-refractivity contribution is 6.21. The lowest BCUT2D eigenvalue weighted by molar-refractivity contribution is -0.113. The van der Waals surface area contributed by atoms with E-state index in [2.05, 4.69) is 29.6 Å². The van der Waals surface area contributed by atoms with Crippen LogP contribution in [0.1, 0.15) is 48.8 Å². The van der Waals surface area contributed by atoms with Gasteiger partial charge in [-0.1, -0.05) is 86.7 Å². The number of rotatable bonds is 7. The standard InChI is InChI=1S/C24H29NO/c1-25-18-23(22-13-6-3-7-14-22)24(26)17-21-12-8-11-20(16-21)15-19-9-4-2-5-10-19/h3,6-8,11-14,16,18-19,25H,2,4-5,9-10,15,17H2,1H3. The predicted octanol–water partition coefficient (Wildman–Crippen LogP) is 5.18. The molecule has 0 saturated heterocycles. The first-order valence-corrected chi connectivity index (χ1v) is 9.80. The van der Waals surface area contributed by atoms with Gasteiger partial charge in [0.05, 0.1) is 0 Å². The molecule has 2 aromatic carbocycles. The van der Waals surface area contributed by atoms with Crippen molar-refractivity contribution < 1.29 is 4.79 Å². The summed E-state index contributed by atoms with van der Waals surface area (Å²) in [6, 6.07) is 18.5. The number of carbonyl (C=O) groups excluding carboxylic acids is 1. The molecule has 3 rings (SSSR count). The number of allylic oxidation sites excluding steroid dienone is 1. The van der Waals surface area contributed by atoms with E-state index >= 15 is 0 Å². The van der Waals surface area contributed by atoms with Crippen molar-refractivity contribution in [1.82, 2.24) is 5.32 Å². The molecular weight excluding hydrogens is 318 g/mol. The number of Topliss-reactive ketones (excluding diaryl/α,β-unsaturated/α-hetero) is 1. The van der Waals surface area contributed by atoms with E-state index in [1.807, 2.05) is 43.6 Å². The quantitative estimate of drug-likeness (QED) is 0.699. The monoisotopic (exact) mass is 347 g/mol. The third-order valence-electron chi connectivity index (χ3n) is 5.28. The minimum Gasteiger partial charge on any atom is -0.393 e. The van der Waals surface area contributed by atoms with Crippen molar-refractivity contribution in [2.45, 2.75) is 44.9 Å². The molecule has 2 heteroatoms. The lowest BCUT2D eigenvalue weighted by atomic mass is 9.84. The van der Waals surface area contributed by atoms with Crippen LogP contribution in [0.4, 0.5) is 0 Å². The van der Waals surface area contributed by atoms with Gasteiger partial charge in [0.15, 0.2) is 5.78 Å². The first kappa shape index (κ1) is 18.4. The minimum absolute atomic E-state index is 0.153. The van der Waals surface area contributed by atoms with E-state index in [-0.39, 0.29) is 5.78 Å². The second-order valence-corrected chi connectivity index (χ2v) is 7.34. The predicted molar refractivity (Wildman–Crippen MR) is 109 cm³/mol. The zero-order valence-corrected chi connectivity index (χ0v) is 15.7. The highest BCUT2D eigenvalue weighted by Gasteiger charge is 2.15. The third-order valence-corrected chi connectivity index (χ3v) is 5.28. The summed E-state index contributed by atoms with van der Waals surface area (Å²) in [4.78, 5) is 12.9. The van der Waals surface area contributed by atoms with Gasteiger partial charge in [-0.3, -0.25) is 4.79 Å². The van der Waals surface area contributed by atoms with Crippen LogP contribution in [0.15, 0.2) is 60.8 Å². The van der Waals surface area contributed by atoms with E-state index in [4.69, 9.17) is 0 Å². The topological polar surface area (TPSA) is 29.1 Å². The van der Waals surface area contributed by atoms with Gasteiger partial charge in [-0.15, -0.1) is 0 Å². The summed E-state index contributed by atoms with van der Waals surface area (Å²) >= 11 is 0. The summed E-state index contributed by atoms with van der Waals surface area (Å²) in [6.07, 6.45) is 10.3. The Bertz CT molecular complexity index is 742. The Balaban J connectivity index is 1.70. The normalized spacial score (nSPS) is 15.7. The lowest BCUT2D eigenvalue weighted by Crippen LogP contribution is -2.11. The molecule has 2 aromatic rings. The number of carbonyl (C=O) groups is 1. The SMILES string of the molecule is CNC=C(C(=O)Cc1cccc(CC2CCCCC2)c1)c1ccccc1. The van der Waals surface area contributed by atoms with Gasteiger partial charge in [-0.2, -0.15) is 0 Å². The number of benzene rings is 2. The maximum Gasteiger partial charge on any atom is 0.169 e. The molecule has 26 heavy (non-hydrogen) atoms. The number of hydrogen-bond acceptors (Lipinski definition) is 2. The van der Waals surface area contributed by atoms with Gasteiger partial charge < -0.3 is 5.32 Å². The van der Waals surface area contributed by atoms with Crippen LogP contribution in [-0.4, -0.2) is 12.8 Å². The molecule has 2 nitrogen and oxygen atoms in total. The van der Waals surface area contributed by atoms with Crippen molar-refractivity contribution in [1.29, 1.82) is 0 Å². The number of nitrogens with one attached hydrogen (secondary N) is 1. The Morgan fingerprint density at radius 2 is 1.73 bits per heavy atom. The number of hydrogen-bond donors (Lipinski definition) is 1. The summed E-state index contributed by atoms with van der Waals surface area (Å²) in [5, 5.41) is 3.02. The fourth-order valence-corrected chi connectivity index (χ4v) is 3.96. The average molecular weight is 348 g/mol. The lowest BCUT2D eigenvalue weighted by Gasteiger charge is -2.21. The van der Waals surface area contributed by atoms with E-state index in [9.17, 15) is 4.79 Å². The molecule has 136 valence electrons. The molecule has 0 aromatic heterocycles. The van der Waals surface area contributed by atoms with Crippen molar-refractivity contribution in [2.75, 3.05) is 7.05 Å². The molecule has 1 N–H and O–H groups in total.